The molecule has 2 N–H and O–H groups in total. The Morgan fingerprint density at radius 2 is 1.96 bits per heavy atom. The zero-order valence-electron chi connectivity index (χ0n) is 14.6. The van der Waals surface area contributed by atoms with Gasteiger partial charge in [-0.05, 0) is 37.5 Å². The summed E-state index contributed by atoms with van der Waals surface area (Å²) in [4.78, 5) is 37.3. The van der Waals surface area contributed by atoms with Gasteiger partial charge in [-0.2, -0.15) is 13.2 Å². The van der Waals surface area contributed by atoms with Crippen LogP contribution in [-0.4, -0.2) is 34.8 Å². The molecule has 9 heteroatoms. The van der Waals surface area contributed by atoms with Crippen molar-refractivity contribution in [2.75, 3.05) is 11.9 Å². The van der Waals surface area contributed by atoms with E-state index in [0.29, 0.717) is 6.42 Å². The fourth-order valence-corrected chi connectivity index (χ4v) is 2.96. The van der Waals surface area contributed by atoms with Crippen LogP contribution in [0.4, 0.5) is 23.7 Å². The zero-order chi connectivity index (χ0) is 19.7. The standard InChI is InChI=1S/C17H20F3N3O3/c1-10(2)8-16(3)14(25)23(15(26)22-16)9-13(24)21-12-6-4-5-11(7-12)17(18,19)20/h4-7,10H,8-9H2,1-3H3,(H,21,24)(H,22,26). The topological polar surface area (TPSA) is 78.5 Å². The third kappa shape index (κ3) is 4.33. The Hall–Kier alpha value is -2.58. The molecule has 0 saturated carbocycles. The zero-order valence-corrected chi connectivity index (χ0v) is 14.6. The van der Waals surface area contributed by atoms with Gasteiger partial charge in [0, 0.05) is 5.69 Å². The Balaban J connectivity index is 2.06. The van der Waals surface area contributed by atoms with Gasteiger partial charge in [-0.15, -0.1) is 0 Å². The van der Waals surface area contributed by atoms with Crippen molar-refractivity contribution in [1.29, 1.82) is 0 Å². The number of imide groups is 1. The second-order valence-corrected chi connectivity index (χ2v) is 6.88. The Kier molecular flexibility index (Phi) is 5.29. The van der Waals surface area contributed by atoms with Crippen LogP contribution in [0.2, 0.25) is 0 Å². The maximum absolute atomic E-state index is 12.7. The van der Waals surface area contributed by atoms with Gasteiger partial charge >= 0.3 is 12.2 Å². The number of carbonyl (C=O) groups excluding carboxylic acids is 3. The molecule has 4 amide bonds. The van der Waals surface area contributed by atoms with E-state index in [1.807, 2.05) is 13.8 Å². The summed E-state index contributed by atoms with van der Waals surface area (Å²) in [7, 11) is 0. The second-order valence-electron chi connectivity index (χ2n) is 6.88. The summed E-state index contributed by atoms with van der Waals surface area (Å²) in [6, 6.07) is 3.42. The van der Waals surface area contributed by atoms with E-state index in [2.05, 4.69) is 10.6 Å². The molecule has 0 spiro atoms. The third-order valence-corrected chi connectivity index (χ3v) is 3.94. The van der Waals surface area contributed by atoms with E-state index >= 15 is 0 Å². The van der Waals surface area contributed by atoms with Crippen molar-refractivity contribution in [3.8, 4) is 0 Å². The van der Waals surface area contributed by atoms with Crippen LogP contribution in [0.1, 0.15) is 32.8 Å². The molecule has 0 aliphatic carbocycles. The molecule has 1 aliphatic heterocycles. The molecule has 1 aromatic rings. The number of carbonyl (C=O) groups is 3. The van der Waals surface area contributed by atoms with Crippen LogP contribution in [-0.2, 0) is 15.8 Å². The molecule has 0 radical (unpaired) electrons. The Bertz CT molecular complexity index is 733. The van der Waals surface area contributed by atoms with Crippen molar-refractivity contribution < 1.29 is 27.6 Å². The number of nitrogens with zero attached hydrogens (tertiary/aromatic N) is 1. The number of halogens is 3. The van der Waals surface area contributed by atoms with E-state index in [-0.39, 0.29) is 11.6 Å². The van der Waals surface area contributed by atoms with Crippen molar-refractivity contribution in [3.05, 3.63) is 29.8 Å². The second kappa shape index (κ2) is 6.97. The van der Waals surface area contributed by atoms with Gasteiger partial charge in [0.15, 0.2) is 0 Å². The van der Waals surface area contributed by atoms with Gasteiger partial charge < -0.3 is 10.6 Å². The summed E-state index contributed by atoms with van der Waals surface area (Å²) in [5.41, 5.74) is -2.07. The first kappa shape index (κ1) is 19.7. The van der Waals surface area contributed by atoms with Crippen molar-refractivity contribution >= 4 is 23.5 Å². The van der Waals surface area contributed by atoms with Gasteiger partial charge in [0.2, 0.25) is 5.91 Å². The Labute approximate surface area is 148 Å². The van der Waals surface area contributed by atoms with Crippen LogP contribution in [0.15, 0.2) is 24.3 Å². The lowest BCUT2D eigenvalue weighted by atomic mass is 9.91. The number of nitrogens with one attached hydrogen (secondary N) is 2. The van der Waals surface area contributed by atoms with Crippen molar-refractivity contribution in [3.63, 3.8) is 0 Å². The molecular weight excluding hydrogens is 351 g/mol. The van der Waals surface area contributed by atoms with Gasteiger partial charge in [-0.25, -0.2) is 4.79 Å². The average molecular weight is 371 g/mol. The van der Waals surface area contributed by atoms with Crippen LogP contribution in [0.5, 0.6) is 0 Å². The van der Waals surface area contributed by atoms with Gasteiger partial charge in [-0.3, -0.25) is 14.5 Å². The quantitative estimate of drug-likeness (QED) is 0.781. The van der Waals surface area contributed by atoms with Gasteiger partial charge in [0.05, 0.1) is 5.56 Å². The van der Waals surface area contributed by atoms with Crippen LogP contribution in [0.3, 0.4) is 0 Å². The van der Waals surface area contributed by atoms with Crippen molar-refractivity contribution in [2.24, 2.45) is 5.92 Å². The van der Waals surface area contributed by atoms with Crippen LogP contribution < -0.4 is 10.6 Å². The van der Waals surface area contributed by atoms with E-state index in [1.165, 1.54) is 6.07 Å². The largest absolute Gasteiger partial charge is 0.416 e. The minimum atomic E-state index is -4.54. The van der Waals surface area contributed by atoms with Crippen LogP contribution in [0, 0.1) is 5.92 Å². The first-order chi connectivity index (χ1) is 11.9. The van der Waals surface area contributed by atoms with E-state index in [0.717, 1.165) is 23.1 Å². The third-order valence-electron chi connectivity index (χ3n) is 3.94. The normalized spacial score (nSPS) is 20.5. The molecule has 1 fully saturated rings. The molecule has 1 aliphatic rings. The van der Waals surface area contributed by atoms with E-state index < -0.39 is 41.7 Å². The van der Waals surface area contributed by atoms with Gasteiger partial charge in [0.25, 0.3) is 5.91 Å². The minimum absolute atomic E-state index is 0.0678. The van der Waals surface area contributed by atoms with Gasteiger partial charge in [-0.1, -0.05) is 19.9 Å². The molecule has 1 aromatic carbocycles. The number of hydrogen-bond donors (Lipinski definition) is 2. The summed E-state index contributed by atoms with van der Waals surface area (Å²) >= 11 is 0. The van der Waals surface area contributed by atoms with Crippen molar-refractivity contribution in [2.45, 2.75) is 38.9 Å². The number of benzene rings is 1. The summed E-state index contributed by atoms with van der Waals surface area (Å²) in [5, 5.41) is 4.85. The number of anilines is 1. The molecule has 0 bridgehead atoms. The van der Waals surface area contributed by atoms with E-state index in [9.17, 15) is 27.6 Å². The summed E-state index contributed by atoms with van der Waals surface area (Å²) < 4.78 is 38.1. The molecular formula is C17H20F3N3O3. The SMILES string of the molecule is CC(C)CC1(C)NC(=O)N(CC(=O)Nc2cccc(C(F)(F)F)c2)C1=O. The molecule has 1 atom stereocenters. The first-order valence-electron chi connectivity index (χ1n) is 8.03. The number of rotatable bonds is 5. The molecule has 1 saturated heterocycles. The highest BCUT2D eigenvalue weighted by molar-refractivity contribution is 6.09. The predicted octanol–water partition coefficient (Wildman–Crippen LogP) is 3.00. The van der Waals surface area contributed by atoms with E-state index in [1.54, 1.807) is 6.92 Å². The number of alkyl halides is 3. The van der Waals surface area contributed by atoms with Gasteiger partial charge in [0.1, 0.15) is 12.1 Å². The number of hydrogen-bond acceptors (Lipinski definition) is 3. The molecule has 1 unspecified atom stereocenters. The maximum atomic E-state index is 12.7. The van der Waals surface area contributed by atoms with E-state index in [4.69, 9.17) is 0 Å². The highest BCUT2D eigenvalue weighted by Crippen LogP contribution is 2.30. The lowest BCUT2D eigenvalue weighted by molar-refractivity contribution is -0.137. The fraction of sp³-hybridized carbons (Fsp3) is 0.471. The summed E-state index contributed by atoms with van der Waals surface area (Å²) in [6.07, 6.45) is -4.13. The predicted molar refractivity (Wildman–Crippen MR) is 88.2 cm³/mol. The average Bonchev–Trinajstić information content (AvgIpc) is 2.69. The molecule has 26 heavy (non-hydrogen) atoms. The highest BCUT2D eigenvalue weighted by atomic mass is 19.4. The lowest BCUT2D eigenvalue weighted by Crippen LogP contribution is -2.45. The Morgan fingerprint density at radius 3 is 2.54 bits per heavy atom. The Morgan fingerprint density at radius 1 is 1.31 bits per heavy atom. The molecule has 1 heterocycles. The lowest BCUT2D eigenvalue weighted by Gasteiger charge is -2.23. The molecule has 142 valence electrons. The minimum Gasteiger partial charge on any atom is -0.325 e. The molecule has 6 nitrogen and oxygen atoms in total. The summed E-state index contributed by atoms with van der Waals surface area (Å²) in [5.74, 6) is -1.15. The molecule has 2 rings (SSSR count). The number of urea groups is 1. The fourth-order valence-electron chi connectivity index (χ4n) is 2.96. The van der Waals surface area contributed by atoms with Crippen LogP contribution >= 0.6 is 0 Å². The smallest absolute Gasteiger partial charge is 0.325 e. The van der Waals surface area contributed by atoms with Crippen LogP contribution in [0.25, 0.3) is 0 Å². The monoisotopic (exact) mass is 371 g/mol. The first-order valence-corrected chi connectivity index (χ1v) is 8.03. The van der Waals surface area contributed by atoms with Crippen molar-refractivity contribution in [1.82, 2.24) is 10.2 Å². The molecule has 0 aromatic heterocycles. The number of amides is 4. The summed E-state index contributed by atoms with van der Waals surface area (Å²) in [6.45, 7) is 4.80. The maximum Gasteiger partial charge on any atom is 0.416 e. The highest BCUT2D eigenvalue weighted by Gasteiger charge is 2.48.